The number of halogens is 3. The number of carbonyl (C=O) groups excluding carboxylic acids is 3. The minimum Gasteiger partial charge on any atom is -0.457 e. The fraction of sp³-hybridized carbons (Fsp3) is 0. The van der Waals surface area contributed by atoms with Crippen LogP contribution in [0, 0.1) is 5.82 Å². The number of amides is 4. The van der Waals surface area contributed by atoms with E-state index in [4.69, 9.17) is 27.6 Å². The summed E-state index contributed by atoms with van der Waals surface area (Å²) in [6.07, 6.45) is 1.22. The van der Waals surface area contributed by atoms with Crippen LogP contribution >= 0.6 is 23.2 Å². The number of hydrogen-bond donors (Lipinski definition) is 1. The topological polar surface area (TPSA) is 79.6 Å². The van der Waals surface area contributed by atoms with Gasteiger partial charge < -0.3 is 4.42 Å². The van der Waals surface area contributed by atoms with Crippen molar-refractivity contribution in [3.05, 3.63) is 81.8 Å². The van der Waals surface area contributed by atoms with E-state index in [9.17, 15) is 18.8 Å². The van der Waals surface area contributed by atoms with Crippen molar-refractivity contribution in [2.24, 2.45) is 0 Å². The molecule has 30 heavy (non-hydrogen) atoms. The molecule has 2 aromatic carbocycles. The Bertz CT molecular complexity index is 1220. The molecule has 4 amide bonds. The van der Waals surface area contributed by atoms with Gasteiger partial charge in [0.05, 0.1) is 15.7 Å². The summed E-state index contributed by atoms with van der Waals surface area (Å²) in [5.41, 5.74) is 0.457. The highest BCUT2D eigenvalue weighted by Crippen LogP contribution is 2.30. The third-order valence-corrected chi connectivity index (χ3v) is 5.04. The Morgan fingerprint density at radius 2 is 1.67 bits per heavy atom. The van der Waals surface area contributed by atoms with E-state index in [1.807, 2.05) is 0 Å². The molecule has 1 fully saturated rings. The Kier molecular flexibility index (Phi) is 5.15. The molecule has 2 heterocycles. The van der Waals surface area contributed by atoms with Crippen molar-refractivity contribution < 1.29 is 23.2 Å². The lowest BCUT2D eigenvalue weighted by atomic mass is 10.1. The van der Waals surface area contributed by atoms with E-state index in [0.717, 1.165) is 17.0 Å². The van der Waals surface area contributed by atoms with Crippen LogP contribution in [-0.2, 0) is 9.59 Å². The summed E-state index contributed by atoms with van der Waals surface area (Å²) in [6.45, 7) is 0. The summed E-state index contributed by atoms with van der Waals surface area (Å²) in [5.74, 6) is -1.60. The predicted molar refractivity (Wildman–Crippen MR) is 110 cm³/mol. The average Bonchev–Trinajstić information content (AvgIpc) is 3.17. The molecule has 1 N–H and O–H groups in total. The van der Waals surface area contributed by atoms with Gasteiger partial charge in [-0.05, 0) is 60.7 Å². The van der Waals surface area contributed by atoms with Crippen molar-refractivity contribution in [2.45, 2.75) is 0 Å². The standard InChI is InChI=1S/C21H11Cl2FN2O4/c22-16-7-1-11(9-17(16)23)18-8-6-14(30-18)10-15-19(27)25-21(29)26(20(15)28)13-4-2-12(24)3-5-13/h1-10H,(H,25,27,29). The van der Waals surface area contributed by atoms with Crippen LogP contribution in [0.5, 0.6) is 0 Å². The Balaban J connectivity index is 1.67. The molecule has 9 heteroatoms. The van der Waals surface area contributed by atoms with Crippen LogP contribution in [0.4, 0.5) is 14.9 Å². The Morgan fingerprint density at radius 1 is 0.933 bits per heavy atom. The Labute approximate surface area is 179 Å². The zero-order valence-electron chi connectivity index (χ0n) is 15.0. The van der Waals surface area contributed by atoms with Crippen LogP contribution in [0.1, 0.15) is 5.76 Å². The number of benzene rings is 2. The fourth-order valence-electron chi connectivity index (χ4n) is 2.86. The van der Waals surface area contributed by atoms with Gasteiger partial charge in [0, 0.05) is 5.56 Å². The van der Waals surface area contributed by atoms with Crippen molar-refractivity contribution in [3.8, 4) is 11.3 Å². The van der Waals surface area contributed by atoms with Crippen LogP contribution in [0.25, 0.3) is 17.4 Å². The normalized spacial score (nSPS) is 15.6. The van der Waals surface area contributed by atoms with E-state index < -0.39 is 23.7 Å². The first-order valence-electron chi connectivity index (χ1n) is 8.56. The molecule has 3 aromatic rings. The van der Waals surface area contributed by atoms with Gasteiger partial charge in [-0.2, -0.15) is 0 Å². The van der Waals surface area contributed by atoms with Gasteiger partial charge in [-0.3, -0.25) is 14.9 Å². The van der Waals surface area contributed by atoms with Crippen LogP contribution in [-0.4, -0.2) is 17.8 Å². The predicted octanol–water partition coefficient (Wildman–Crippen LogP) is 5.06. The van der Waals surface area contributed by atoms with E-state index in [-0.39, 0.29) is 17.0 Å². The maximum atomic E-state index is 13.2. The minimum atomic E-state index is -0.926. The Morgan fingerprint density at radius 3 is 2.37 bits per heavy atom. The summed E-state index contributed by atoms with van der Waals surface area (Å²) in [6, 6.07) is 11.9. The number of nitrogens with zero attached hydrogens (tertiary/aromatic N) is 1. The van der Waals surface area contributed by atoms with Gasteiger partial charge in [0.25, 0.3) is 11.8 Å². The first-order valence-corrected chi connectivity index (χ1v) is 9.31. The number of furan rings is 1. The van der Waals surface area contributed by atoms with Gasteiger partial charge in [0.1, 0.15) is 22.9 Å². The third kappa shape index (κ3) is 3.72. The molecule has 0 radical (unpaired) electrons. The van der Waals surface area contributed by atoms with Gasteiger partial charge in [-0.1, -0.05) is 23.2 Å². The second kappa shape index (κ2) is 7.78. The van der Waals surface area contributed by atoms with Gasteiger partial charge in [-0.25, -0.2) is 14.1 Å². The summed E-state index contributed by atoms with van der Waals surface area (Å²) in [4.78, 5) is 37.9. The smallest absolute Gasteiger partial charge is 0.335 e. The zero-order valence-corrected chi connectivity index (χ0v) is 16.5. The summed E-state index contributed by atoms with van der Waals surface area (Å²) in [7, 11) is 0. The quantitative estimate of drug-likeness (QED) is 0.452. The molecular formula is C21H11Cl2FN2O4. The maximum Gasteiger partial charge on any atom is 0.335 e. The van der Waals surface area contributed by atoms with E-state index in [0.29, 0.717) is 21.4 Å². The summed E-state index contributed by atoms with van der Waals surface area (Å²) >= 11 is 11.9. The number of anilines is 1. The molecule has 0 bridgehead atoms. The molecular weight excluding hydrogens is 434 g/mol. The van der Waals surface area contributed by atoms with Crippen molar-refractivity contribution >= 4 is 52.8 Å². The monoisotopic (exact) mass is 444 g/mol. The largest absolute Gasteiger partial charge is 0.457 e. The van der Waals surface area contributed by atoms with E-state index in [1.54, 1.807) is 30.3 Å². The van der Waals surface area contributed by atoms with Crippen molar-refractivity contribution in [3.63, 3.8) is 0 Å². The van der Waals surface area contributed by atoms with E-state index in [2.05, 4.69) is 5.32 Å². The maximum absolute atomic E-state index is 13.2. The van der Waals surface area contributed by atoms with E-state index in [1.165, 1.54) is 18.2 Å². The molecule has 1 aliphatic rings. The number of carbonyl (C=O) groups is 3. The van der Waals surface area contributed by atoms with Crippen molar-refractivity contribution in [2.75, 3.05) is 4.90 Å². The van der Waals surface area contributed by atoms with Gasteiger partial charge in [0.2, 0.25) is 0 Å². The van der Waals surface area contributed by atoms with Crippen LogP contribution in [0.15, 0.2) is 64.6 Å². The first-order chi connectivity index (χ1) is 14.3. The number of nitrogens with one attached hydrogen (secondary N) is 1. The molecule has 0 saturated carbocycles. The molecule has 4 rings (SSSR count). The molecule has 1 aliphatic heterocycles. The SMILES string of the molecule is O=C1NC(=O)N(c2ccc(F)cc2)C(=O)C1=Cc1ccc(-c2ccc(Cl)c(Cl)c2)o1. The third-order valence-electron chi connectivity index (χ3n) is 4.30. The van der Waals surface area contributed by atoms with Gasteiger partial charge in [0.15, 0.2) is 0 Å². The summed E-state index contributed by atoms with van der Waals surface area (Å²) in [5, 5.41) is 2.83. The lowest BCUT2D eigenvalue weighted by molar-refractivity contribution is -0.122. The number of urea groups is 1. The number of imide groups is 2. The highest BCUT2D eigenvalue weighted by atomic mass is 35.5. The lowest BCUT2D eigenvalue weighted by Crippen LogP contribution is -2.54. The van der Waals surface area contributed by atoms with Crippen molar-refractivity contribution in [1.29, 1.82) is 0 Å². The van der Waals surface area contributed by atoms with Crippen molar-refractivity contribution in [1.82, 2.24) is 5.32 Å². The molecule has 1 aromatic heterocycles. The Hall–Kier alpha value is -3.42. The molecule has 6 nitrogen and oxygen atoms in total. The summed E-state index contributed by atoms with van der Waals surface area (Å²) < 4.78 is 18.9. The highest BCUT2D eigenvalue weighted by Gasteiger charge is 2.37. The second-order valence-corrected chi connectivity index (χ2v) is 7.08. The average molecular weight is 445 g/mol. The zero-order chi connectivity index (χ0) is 21.4. The number of hydrogen-bond acceptors (Lipinski definition) is 4. The lowest BCUT2D eigenvalue weighted by Gasteiger charge is -2.26. The van der Waals surface area contributed by atoms with Gasteiger partial charge >= 0.3 is 6.03 Å². The molecule has 0 unspecified atom stereocenters. The molecule has 0 aliphatic carbocycles. The fourth-order valence-corrected chi connectivity index (χ4v) is 3.16. The van der Waals surface area contributed by atoms with Crippen LogP contribution in [0.2, 0.25) is 10.0 Å². The van der Waals surface area contributed by atoms with E-state index >= 15 is 0 Å². The highest BCUT2D eigenvalue weighted by molar-refractivity contribution is 6.42. The molecule has 1 saturated heterocycles. The second-order valence-electron chi connectivity index (χ2n) is 6.27. The number of barbiturate groups is 1. The van der Waals surface area contributed by atoms with Crippen LogP contribution < -0.4 is 10.2 Å². The molecule has 0 atom stereocenters. The number of rotatable bonds is 3. The first kappa shape index (κ1) is 19.9. The van der Waals surface area contributed by atoms with Crippen LogP contribution in [0.3, 0.4) is 0 Å². The minimum absolute atomic E-state index is 0.119. The molecule has 0 spiro atoms. The molecule has 150 valence electrons. The van der Waals surface area contributed by atoms with Gasteiger partial charge in [-0.15, -0.1) is 0 Å².